The van der Waals surface area contributed by atoms with Gasteiger partial charge in [-0.3, -0.25) is 4.99 Å². The van der Waals surface area contributed by atoms with E-state index in [1.54, 1.807) is 7.05 Å². The number of hydrogen-bond acceptors (Lipinski definition) is 4. The predicted octanol–water partition coefficient (Wildman–Crippen LogP) is 3.28. The predicted molar refractivity (Wildman–Crippen MR) is 127 cm³/mol. The number of nitrogens with zero attached hydrogens (tertiary/aromatic N) is 4. The molecule has 2 N–H and O–H groups in total. The summed E-state index contributed by atoms with van der Waals surface area (Å²) in [7, 11) is 1.79. The first-order valence-corrected chi connectivity index (χ1v) is 10.1. The van der Waals surface area contributed by atoms with Gasteiger partial charge in [-0.05, 0) is 38.0 Å². The van der Waals surface area contributed by atoms with Gasteiger partial charge in [-0.2, -0.15) is 5.10 Å². The van der Waals surface area contributed by atoms with Gasteiger partial charge < -0.3 is 15.4 Å². The molecule has 0 amide bonds. The van der Waals surface area contributed by atoms with Crippen LogP contribution in [0.2, 0.25) is 0 Å². The number of rotatable bonds is 6. The number of aromatic nitrogens is 3. The Labute approximate surface area is 190 Å². The third-order valence-corrected chi connectivity index (χ3v) is 4.84. The molecule has 0 aliphatic carbocycles. The van der Waals surface area contributed by atoms with E-state index in [2.05, 4.69) is 59.5 Å². The number of fused-ring (bicyclic) bond motifs is 1. The van der Waals surface area contributed by atoms with Gasteiger partial charge in [0.2, 0.25) is 0 Å². The summed E-state index contributed by atoms with van der Waals surface area (Å²) in [6.07, 6.45) is 1.98. The van der Waals surface area contributed by atoms with Crippen LogP contribution in [-0.2, 0) is 13.0 Å². The van der Waals surface area contributed by atoms with Crippen molar-refractivity contribution in [2.75, 3.05) is 13.6 Å². The molecule has 160 valence electrons. The first kappa shape index (κ1) is 23.4. The van der Waals surface area contributed by atoms with E-state index in [1.807, 2.05) is 22.9 Å². The van der Waals surface area contributed by atoms with Gasteiger partial charge in [-0.15, -0.1) is 24.0 Å². The van der Waals surface area contributed by atoms with E-state index in [1.165, 1.54) is 5.56 Å². The Balaban J connectivity index is 0.00000300. The lowest BCUT2D eigenvalue weighted by atomic mass is 10.1. The number of aliphatic imine (C=N–C) groups is 1. The lowest BCUT2D eigenvalue weighted by Crippen LogP contribution is -2.48. The minimum absolute atomic E-state index is 0. The van der Waals surface area contributed by atoms with Crippen LogP contribution in [-0.4, -0.2) is 46.5 Å². The molecule has 2 atom stereocenters. The summed E-state index contributed by atoms with van der Waals surface area (Å²) in [4.78, 5) is 9.01. The van der Waals surface area contributed by atoms with Gasteiger partial charge in [0.15, 0.2) is 11.8 Å². The van der Waals surface area contributed by atoms with E-state index in [-0.39, 0.29) is 36.1 Å². The standard InChI is InChI=1S/C21H32N6O.HI/c1-14(2)20-25-19-10-9-17(13-27(19)26-20)24-21(22-5)23-12-16(4)28-18-8-6-7-15(3)11-18;/h6-8,11,14,16-17H,9-10,12-13H2,1-5H3,(H2,22,23,24);1H. The van der Waals surface area contributed by atoms with E-state index in [0.717, 1.165) is 42.7 Å². The fraction of sp³-hybridized carbons (Fsp3) is 0.571. The molecule has 8 heteroatoms. The molecule has 2 aromatic rings. The van der Waals surface area contributed by atoms with Gasteiger partial charge in [0.05, 0.1) is 13.1 Å². The van der Waals surface area contributed by atoms with Crippen LogP contribution >= 0.6 is 24.0 Å². The Bertz CT molecular complexity index is 819. The third kappa shape index (κ3) is 6.58. The van der Waals surface area contributed by atoms with Gasteiger partial charge in [0, 0.05) is 25.4 Å². The molecule has 7 nitrogen and oxygen atoms in total. The van der Waals surface area contributed by atoms with Crippen LogP contribution in [0, 0.1) is 6.92 Å². The van der Waals surface area contributed by atoms with Crippen LogP contribution in [0.3, 0.4) is 0 Å². The second kappa shape index (κ2) is 10.8. The third-order valence-electron chi connectivity index (χ3n) is 4.84. The van der Waals surface area contributed by atoms with E-state index in [4.69, 9.17) is 4.74 Å². The van der Waals surface area contributed by atoms with Crippen LogP contribution in [0.1, 0.15) is 50.3 Å². The average molecular weight is 512 g/mol. The minimum atomic E-state index is 0. The number of hydrogen-bond donors (Lipinski definition) is 2. The lowest BCUT2D eigenvalue weighted by Gasteiger charge is -2.26. The molecular formula is C21H33IN6O. The monoisotopic (exact) mass is 512 g/mol. The van der Waals surface area contributed by atoms with Crippen molar-refractivity contribution < 1.29 is 4.74 Å². The number of halogens is 1. The van der Waals surface area contributed by atoms with Gasteiger partial charge in [-0.1, -0.05) is 26.0 Å². The maximum absolute atomic E-state index is 5.98. The number of ether oxygens (including phenoxy) is 1. The highest BCUT2D eigenvalue weighted by molar-refractivity contribution is 14.0. The maximum atomic E-state index is 5.98. The van der Waals surface area contributed by atoms with Gasteiger partial charge in [0.25, 0.3) is 0 Å². The van der Waals surface area contributed by atoms with E-state index < -0.39 is 0 Å². The molecule has 1 aromatic carbocycles. The van der Waals surface area contributed by atoms with Crippen LogP contribution in [0.4, 0.5) is 0 Å². The van der Waals surface area contributed by atoms with Gasteiger partial charge >= 0.3 is 0 Å². The minimum Gasteiger partial charge on any atom is -0.489 e. The summed E-state index contributed by atoms with van der Waals surface area (Å²) in [5.74, 6) is 4.06. The molecule has 1 aromatic heterocycles. The highest BCUT2D eigenvalue weighted by Crippen LogP contribution is 2.17. The highest BCUT2D eigenvalue weighted by Gasteiger charge is 2.23. The molecule has 2 unspecified atom stereocenters. The van der Waals surface area contributed by atoms with Crippen molar-refractivity contribution in [2.45, 2.75) is 65.1 Å². The summed E-state index contributed by atoms with van der Waals surface area (Å²) in [6, 6.07) is 8.40. The highest BCUT2D eigenvalue weighted by atomic mass is 127. The SMILES string of the molecule is CN=C(NCC(C)Oc1cccc(C)c1)NC1CCc2nc(C(C)C)nn2C1.I. The molecule has 1 aliphatic heterocycles. The summed E-state index contributed by atoms with van der Waals surface area (Å²) >= 11 is 0. The summed E-state index contributed by atoms with van der Waals surface area (Å²) in [5, 5.41) is 11.5. The molecule has 0 radical (unpaired) electrons. The van der Waals surface area contributed by atoms with Crippen molar-refractivity contribution in [2.24, 2.45) is 4.99 Å². The fourth-order valence-corrected chi connectivity index (χ4v) is 3.28. The Morgan fingerprint density at radius 1 is 1.34 bits per heavy atom. The molecule has 0 fully saturated rings. The quantitative estimate of drug-likeness (QED) is 0.353. The summed E-state index contributed by atoms with van der Waals surface area (Å²) in [6.45, 7) is 9.86. The van der Waals surface area contributed by atoms with E-state index in [0.29, 0.717) is 12.5 Å². The molecule has 29 heavy (non-hydrogen) atoms. The topological polar surface area (TPSA) is 76.4 Å². The first-order valence-electron chi connectivity index (χ1n) is 10.1. The molecule has 0 saturated heterocycles. The zero-order valence-electron chi connectivity index (χ0n) is 18.0. The van der Waals surface area contributed by atoms with Crippen LogP contribution in [0.5, 0.6) is 5.75 Å². The number of guanidine groups is 1. The first-order chi connectivity index (χ1) is 13.4. The molecule has 3 rings (SSSR count). The Hall–Kier alpha value is -1.84. The fourth-order valence-electron chi connectivity index (χ4n) is 3.28. The summed E-state index contributed by atoms with van der Waals surface area (Å²) < 4.78 is 8.02. The Morgan fingerprint density at radius 3 is 2.83 bits per heavy atom. The van der Waals surface area contributed by atoms with Crippen molar-refractivity contribution in [3.05, 3.63) is 41.5 Å². The van der Waals surface area contributed by atoms with Crippen LogP contribution in [0.15, 0.2) is 29.3 Å². The van der Waals surface area contributed by atoms with Crippen molar-refractivity contribution in [1.82, 2.24) is 25.4 Å². The second-order valence-corrected chi connectivity index (χ2v) is 7.80. The maximum Gasteiger partial charge on any atom is 0.191 e. The molecule has 0 spiro atoms. The largest absolute Gasteiger partial charge is 0.489 e. The number of benzene rings is 1. The number of nitrogens with one attached hydrogen (secondary N) is 2. The van der Waals surface area contributed by atoms with E-state index in [9.17, 15) is 0 Å². The second-order valence-electron chi connectivity index (χ2n) is 7.80. The normalized spacial score (nSPS) is 17.3. The lowest BCUT2D eigenvalue weighted by molar-refractivity contribution is 0.223. The molecule has 1 aliphatic rings. The van der Waals surface area contributed by atoms with Crippen molar-refractivity contribution >= 4 is 29.9 Å². The molecule has 0 saturated carbocycles. The number of aryl methyl sites for hydroxylation is 2. The molecule has 0 bridgehead atoms. The Morgan fingerprint density at radius 2 is 2.14 bits per heavy atom. The average Bonchev–Trinajstić information content (AvgIpc) is 3.09. The van der Waals surface area contributed by atoms with Crippen molar-refractivity contribution in [3.8, 4) is 5.75 Å². The van der Waals surface area contributed by atoms with Crippen molar-refractivity contribution in [1.29, 1.82) is 0 Å². The zero-order valence-corrected chi connectivity index (χ0v) is 20.3. The van der Waals surface area contributed by atoms with E-state index >= 15 is 0 Å². The van der Waals surface area contributed by atoms with Gasteiger partial charge in [0.1, 0.15) is 17.7 Å². The van der Waals surface area contributed by atoms with Crippen LogP contribution < -0.4 is 15.4 Å². The summed E-state index contributed by atoms with van der Waals surface area (Å²) in [5.41, 5.74) is 1.19. The van der Waals surface area contributed by atoms with Crippen molar-refractivity contribution in [3.63, 3.8) is 0 Å². The molecular weight excluding hydrogens is 479 g/mol. The molecule has 2 heterocycles. The smallest absolute Gasteiger partial charge is 0.191 e. The zero-order chi connectivity index (χ0) is 20.1. The Kier molecular flexibility index (Phi) is 8.73. The van der Waals surface area contributed by atoms with Gasteiger partial charge in [-0.25, -0.2) is 9.67 Å². The van der Waals surface area contributed by atoms with Crippen LogP contribution in [0.25, 0.3) is 0 Å².